The number of benzene rings is 1. The zero-order valence-electron chi connectivity index (χ0n) is 10.8. The lowest BCUT2D eigenvalue weighted by Crippen LogP contribution is -2.14. The smallest absolute Gasteiger partial charge is 0.230 e. The maximum absolute atomic E-state index is 7.68. The number of nitrogens with two attached hydrogens (primary N) is 1. The van der Waals surface area contributed by atoms with Gasteiger partial charge in [0.1, 0.15) is 11.6 Å². The fourth-order valence-electron chi connectivity index (χ4n) is 2.34. The van der Waals surface area contributed by atoms with Crippen LogP contribution in [0.3, 0.4) is 0 Å². The van der Waals surface area contributed by atoms with Crippen molar-refractivity contribution < 1.29 is 4.74 Å². The molecule has 20 heavy (non-hydrogen) atoms. The lowest BCUT2D eigenvalue weighted by atomic mass is 10.1. The van der Waals surface area contributed by atoms with Crippen LogP contribution in [0, 0.1) is 5.41 Å². The summed E-state index contributed by atoms with van der Waals surface area (Å²) in [5.74, 6) is 0.985. The third-order valence-electron chi connectivity index (χ3n) is 3.33. The Kier molecular flexibility index (Phi) is 3.32. The Balaban J connectivity index is 1.99. The van der Waals surface area contributed by atoms with Gasteiger partial charge in [-0.2, -0.15) is 0 Å². The van der Waals surface area contributed by atoms with E-state index in [1.807, 2.05) is 6.07 Å². The molecule has 0 amide bonds. The Hall–Kier alpha value is -2.07. The average molecular weight is 288 g/mol. The van der Waals surface area contributed by atoms with Gasteiger partial charge in [0.25, 0.3) is 0 Å². The Labute approximate surface area is 122 Å². The second kappa shape index (κ2) is 5.13. The van der Waals surface area contributed by atoms with Crippen LogP contribution < -0.4 is 10.5 Å². The fourth-order valence-corrected chi connectivity index (χ4v) is 2.46. The summed E-state index contributed by atoms with van der Waals surface area (Å²) >= 11 is 5.85. The van der Waals surface area contributed by atoms with Crippen molar-refractivity contribution >= 4 is 17.4 Å². The Bertz CT molecular complexity index is 668. The second-order valence-corrected chi connectivity index (χ2v) is 5.21. The highest BCUT2D eigenvalue weighted by Gasteiger charge is 2.19. The van der Waals surface area contributed by atoms with Crippen LogP contribution in [0.25, 0.3) is 0 Å². The molecule has 1 aliphatic rings. The number of nitrogens with one attached hydrogen (secondary N) is 1. The number of nitrogen functional groups attached to an aromatic ring is 1. The lowest BCUT2D eigenvalue weighted by Gasteiger charge is -2.11. The number of halogens is 1. The van der Waals surface area contributed by atoms with Gasteiger partial charge in [-0.05, 0) is 55.2 Å². The molecule has 1 aromatic carbocycles. The van der Waals surface area contributed by atoms with Crippen molar-refractivity contribution in [1.82, 2.24) is 4.98 Å². The summed E-state index contributed by atoms with van der Waals surface area (Å²) in [6.45, 7) is 0. The van der Waals surface area contributed by atoms with Crippen molar-refractivity contribution in [1.29, 1.82) is 5.41 Å². The molecule has 0 radical (unpaired) electrons. The minimum atomic E-state index is -0.0313. The summed E-state index contributed by atoms with van der Waals surface area (Å²) < 4.78 is 5.76. The maximum atomic E-state index is 7.68. The average Bonchev–Trinajstić information content (AvgIpc) is 2.87. The molecule has 1 aliphatic carbocycles. The number of amidine groups is 1. The lowest BCUT2D eigenvalue weighted by molar-refractivity contribution is 0.460. The van der Waals surface area contributed by atoms with E-state index in [4.69, 9.17) is 27.5 Å². The van der Waals surface area contributed by atoms with Crippen molar-refractivity contribution in [2.24, 2.45) is 5.73 Å². The summed E-state index contributed by atoms with van der Waals surface area (Å²) in [6, 6.07) is 8.95. The molecule has 1 aromatic heterocycles. The molecular formula is C15H14ClN3O. The monoisotopic (exact) mass is 287 g/mol. The Morgan fingerprint density at radius 2 is 2.00 bits per heavy atom. The summed E-state index contributed by atoms with van der Waals surface area (Å²) in [5.41, 5.74) is 8.38. The van der Waals surface area contributed by atoms with E-state index in [1.165, 1.54) is 5.56 Å². The van der Waals surface area contributed by atoms with Crippen LogP contribution in [0.2, 0.25) is 5.02 Å². The van der Waals surface area contributed by atoms with E-state index in [1.54, 1.807) is 24.3 Å². The number of ether oxygens (including phenoxy) is 1. The SMILES string of the molecule is N=C(N)c1cc2c(nc1Oc1ccc(Cl)cc1)CCC2. The number of nitrogens with zero attached hydrogens (tertiary/aromatic N) is 1. The molecule has 3 N–H and O–H groups in total. The van der Waals surface area contributed by atoms with Gasteiger partial charge in [0.15, 0.2) is 0 Å². The van der Waals surface area contributed by atoms with Crippen LogP contribution in [0.5, 0.6) is 11.6 Å². The van der Waals surface area contributed by atoms with Gasteiger partial charge in [-0.25, -0.2) is 4.98 Å². The molecule has 0 atom stereocenters. The number of pyridine rings is 1. The van der Waals surface area contributed by atoms with Gasteiger partial charge in [-0.1, -0.05) is 11.6 Å². The molecule has 1 heterocycles. The molecule has 0 saturated heterocycles. The van der Waals surface area contributed by atoms with Gasteiger partial charge in [0.05, 0.1) is 5.56 Å². The summed E-state index contributed by atoms with van der Waals surface area (Å²) in [6.07, 6.45) is 3.03. The van der Waals surface area contributed by atoms with Crippen LogP contribution in [0.1, 0.15) is 23.2 Å². The normalized spacial score (nSPS) is 13.1. The highest BCUT2D eigenvalue weighted by atomic mass is 35.5. The first-order valence-corrected chi connectivity index (χ1v) is 6.82. The van der Waals surface area contributed by atoms with Crippen molar-refractivity contribution in [3.8, 4) is 11.6 Å². The molecule has 0 fully saturated rings. The summed E-state index contributed by atoms with van der Waals surface area (Å²) in [4.78, 5) is 4.52. The number of fused-ring (bicyclic) bond motifs is 1. The van der Waals surface area contributed by atoms with Crippen LogP contribution in [-0.4, -0.2) is 10.8 Å². The van der Waals surface area contributed by atoms with Crippen molar-refractivity contribution in [3.05, 3.63) is 52.2 Å². The first-order valence-electron chi connectivity index (χ1n) is 6.44. The van der Waals surface area contributed by atoms with Gasteiger partial charge >= 0.3 is 0 Å². The number of rotatable bonds is 3. The molecule has 4 nitrogen and oxygen atoms in total. The predicted octanol–water partition coefficient (Wildman–Crippen LogP) is 3.30. The van der Waals surface area contributed by atoms with Crippen molar-refractivity contribution in [2.75, 3.05) is 0 Å². The Morgan fingerprint density at radius 1 is 1.25 bits per heavy atom. The molecule has 0 unspecified atom stereocenters. The van der Waals surface area contributed by atoms with E-state index in [0.717, 1.165) is 25.0 Å². The number of aryl methyl sites for hydroxylation is 2. The van der Waals surface area contributed by atoms with E-state index >= 15 is 0 Å². The fraction of sp³-hybridized carbons (Fsp3) is 0.200. The van der Waals surface area contributed by atoms with Gasteiger partial charge < -0.3 is 10.5 Å². The number of aromatic nitrogens is 1. The predicted molar refractivity (Wildman–Crippen MR) is 78.8 cm³/mol. The highest BCUT2D eigenvalue weighted by molar-refractivity contribution is 6.30. The molecule has 5 heteroatoms. The highest BCUT2D eigenvalue weighted by Crippen LogP contribution is 2.29. The van der Waals surface area contributed by atoms with Gasteiger partial charge in [-0.15, -0.1) is 0 Å². The van der Waals surface area contributed by atoms with E-state index in [-0.39, 0.29) is 5.84 Å². The molecule has 0 saturated carbocycles. The topological polar surface area (TPSA) is 72.0 Å². The van der Waals surface area contributed by atoms with E-state index in [9.17, 15) is 0 Å². The van der Waals surface area contributed by atoms with Crippen LogP contribution in [-0.2, 0) is 12.8 Å². The number of hydrogen-bond acceptors (Lipinski definition) is 3. The van der Waals surface area contributed by atoms with Crippen molar-refractivity contribution in [3.63, 3.8) is 0 Å². The third-order valence-corrected chi connectivity index (χ3v) is 3.59. The molecule has 3 rings (SSSR count). The summed E-state index contributed by atoms with van der Waals surface area (Å²) in [5, 5.41) is 8.32. The molecule has 2 aromatic rings. The van der Waals surface area contributed by atoms with E-state index in [2.05, 4.69) is 4.98 Å². The Morgan fingerprint density at radius 3 is 2.70 bits per heavy atom. The first kappa shape index (κ1) is 12.9. The van der Waals surface area contributed by atoms with Crippen LogP contribution in [0.15, 0.2) is 30.3 Å². The number of hydrogen-bond donors (Lipinski definition) is 2. The standard InChI is InChI=1S/C15H14ClN3O/c16-10-4-6-11(7-5-10)20-15-12(14(17)18)8-9-2-1-3-13(9)19-15/h4-8H,1-3H2,(H3,17,18). The molecule has 102 valence electrons. The van der Waals surface area contributed by atoms with Crippen molar-refractivity contribution in [2.45, 2.75) is 19.3 Å². The van der Waals surface area contributed by atoms with E-state index in [0.29, 0.717) is 22.2 Å². The van der Waals surface area contributed by atoms with Gasteiger partial charge in [-0.3, -0.25) is 5.41 Å². The summed E-state index contributed by atoms with van der Waals surface area (Å²) in [7, 11) is 0. The zero-order valence-corrected chi connectivity index (χ0v) is 11.6. The van der Waals surface area contributed by atoms with Crippen LogP contribution in [0.4, 0.5) is 0 Å². The molecule has 0 bridgehead atoms. The largest absolute Gasteiger partial charge is 0.438 e. The van der Waals surface area contributed by atoms with E-state index < -0.39 is 0 Å². The molecule has 0 spiro atoms. The zero-order chi connectivity index (χ0) is 14.1. The molecule has 0 aliphatic heterocycles. The van der Waals surface area contributed by atoms with Gasteiger partial charge in [0.2, 0.25) is 5.88 Å². The van der Waals surface area contributed by atoms with Gasteiger partial charge in [0, 0.05) is 10.7 Å². The first-order chi connectivity index (χ1) is 9.63. The molecular weight excluding hydrogens is 274 g/mol. The second-order valence-electron chi connectivity index (χ2n) is 4.77. The minimum absolute atomic E-state index is 0.0313. The quantitative estimate of drug-likeness (QED) is 0.672. The maximum Gasteiger partial charge on any atom is 0.230 e. The van der Waals surface area contributed by atoms with Crippen LogP contribution >= 0.6 is 11.6 Å². The minimum Gasteiger partial charge on any atom is -0.438 e. The third kappa shape index (κ3) is 2.47.